The van der Waals surface area contributed by atoms with E-state index in [1.54, 1.807) is 0 Å². The summed E-state index contributed by atoms with van der Waals surface area (Å²) >= 11 is 0. The van der Waals surface area contributed by atoms with Gasteiger partial charge in [-0.05, 0) is 31.0 Å². The van der Waals surface area contributed by atoms with Crippen molar-refractivity contribution in [3.05, 3.63) is 65.7 Å². The Labute approximate surface area is 161 Å². The second kappa shape index (κ2) is 9.53. The van der Waals surface area contributed by atoms with Crippen molar-refractivity contribution in [1.82, 2.24) is 9.62 Å². The molecule has 0 unspecified atom stereocenters. The molecule has 0 spiro atoms. The van der Waals surface area contributed by atoms with Gasteiger partial charge in [-0.3, -0.25) is 4.79 Å². The van der Waals surface area contributed by atoms with E-state index < -0.39 is 10.0 Å². The minimum Gasteiger partial charge on any atom is -0.491 e. The number of nitrogens with zero attached hydrogens (tertiary/aromatic N) is 1. The zero-order valence-corrected chi connectivity index (χ0v) is 16.7. The predicted octanol–water partition coefficient (Wildman–Crippen LogP) is 2.34. The second-order valence-electron chi connectivity index (χ2n) is 6.56. The lowest BCUT2D eigenvalue weighted by atomic mass is 10.2. The molecule has 0 aromatic heterocycles. The van der Waals surface area contributed by atoms with E-state index in [0.29, 0.717) is 6.61 Å². The van der Waals surface area contributed by atoms with Gasteiger partial charge in [-0.1, -0.05) is 48.5 Å². The van der Waals surface area contributed by atoms with Crippen LogP contribution in [0.3, 0.4) is 0 Å². The first-order valence-electron chi connectivity index (χ1n) is 8.72. The lowest BCUT2D eigenvalue weighted by molar-refractivity contribution is -0.122. The molecule has 0 aliphatic heterocycles. The Balaban J connectivity index is 1.90. The summed E-state index contributed by atoms with van der Waals surface area (Å²) in [4.78, 5) is 12.3. The van der Waals surface area contributed by atoms with Crippen LogP contribution in [-0.4, -0.2) is 44.1 Å². The van der Waals surface area contributed by atoms with Crippen LogP contribution in [0.4, 0.5) is 0 Å². The van der Waals surface area contributed by atoms with Crippen LogP contribution in [0.25, 0.3) is 0 Å². The molecule has 0 bridgehead atoms. The third-order valence-corrected chi connectivity index (χ3v) is 5.18. The quantitative estimate of drug-likeness (QED) is 0.713. The number of hydrogen-bond donors (Lipinski definition) is 1. The highest BCUT2D eigenvalue weighted by molar-refractivity contribution is 7.88. The van der Waals surface area contributed by atoms with E-state index in [4.69, 9.17) is 4.74 Å². The van der Waals surface area contributed by atoms with E-state index in [9.17, 15) is 13.2 Å². The average Bonchev–Trinajstić information content (AvgIpc) is 2.60. The van der Waals surface area contributed by atoms with Crippen molar-refractivity contribution in [3.63, 3.8) is 0 Å². The highest BCUT2D eigenvalue weighted by atomic mass is 32.2. The molecule has 0 saturated carbocycles. The van der Waals surface area contributed by atoms with Crippen molar-refractivity contribution in [2.45, 2.75) is 26.4 Å². The van der Waals surface area contributed by atoms with Crippen molar-refractivity contribution < 1.29 is 17.9 Å². The van der Waals surface area contributed by atoms with Gasteiger partial charge in [0.25, 0.3) is 0 Å². The Bertz CT molecular complexity index is 853. The molecule has 6 nitrogen and oxygen atoms in total. The molecule has 1 amide bonds. The van der Waals surface area contributed by atoms with Crippen LogP contribution in [0, 0.1) is 6.92 Å². The van der Waals surface area contributed by atoms with E-state index in [-0.39, 0.29) is 25.0 Å². The van der Waals surface area contributed by atoms with Gasteiger partial charge in [0.2, 0.25) is 15.9 Å². The van der Waals surface area contributed by atoms with Crippen LogP contribution in [0.1, 0.15) is 18.1 Å². The molecule has 0 heterocycles. The second-order valence-corrected chi connectivity index (χ2v) is 8.54. The van der Waals surface area contributed by atoms with Gasteiger partial charge in [-0.2, -0.15) is 4.31 Å². The third kappa shape index (κ3) is 7.03. The van der Waals surface area contributed by atoms with Crippen LogP contribution in [-0.2, 0) is 21.4 Å². The number of rotatable bonds is 9. The van der Waals surface area contributed by atoms with Crippen LogP contribution in [0.5, 0.6) is 5.75 Å². The fraction of sp³-hybridized carbons (Fsp3) is 0.350. The van der Waals surface area contributed by atoms with Crippen molar-refractivity contribution in [1.29, 1.82) is 0 Å². The van der Waals surface area contributed by atoms with E-state index in [0.717, 1.165) is 27.4 Å². The lowest BCUT2D eigenvalue weighted by Crippen LogP contribution is -2.44. The maximum Gasteiger partial charge on any atom is 0.235 e. The van der Waals surface area contributed by atoms with Gasteiger partial charge in [0, 0.05) is 6.54 Å². The van der Waals surface area contributed by atoms with Crippen molar-refractivity contribution in [2.24, 2.45) is 0 Å². The van der Waals surface area contributed by atoms with E-state index in [1.165, 1.54) is 0 Å². The Morgan fingerprint density at radius 2 is 1.74 bits per heavy atom. The summed E-state index contributed by atoms with van der Waals surface area (Å²) in [5.74, 6) is 0.401. The fourth-order valence-electron chi connectivity index (χ4n) is 2.53. The van der Waals surface area contributed by atoms with Gasteiger partial charge in [0.15, 0.2) is 0 Å². The molecule has 146 valence electrons. The van der Waals surface area contributed by atoms with Crippen molar-refractivity contribution >= 4 is 15.9 Å². The zero-order chi connectivity index (χ0) is 19.9. The molecule has 2 aromatic rings. The fourth-order valence-corrected chi connectivity index (χ4v) is 3.27. The summed E-state index contributed by atoms with van der Waals surface area (Å²) in [5, 5.41) is 2.79. The minimum atomic E-state index is -3.51. The molecule has 2 rings (SSSR count). The average molecular weight is 391 g/mol. The first-order chi connectivity index (χ1) is 12.8. The molecule has 0 aliphatic rings. The Kier molecular flexibility index (Phi) is 7.38. The molecule has 1 N–H and O–H groups in total. The summed E-state index contributed by atoms with van der Waals surface area (Å²) in [5.41, 5.74) is 1.84. The highest BCUT2D eigenvalue weighted by Crippen LogP contribution is 2.16. The number of amides is 1. The zero-order valence-electron chi connectivity index (χ0n) is 15.9. The molecule has 0 aliphatic carbocycles. The standard InChI is InChI=1S/C20H26N2O4S/c1-16-9-7-8-12-19(16)26-15-17(2)21-20(23)14-22(27(3,24)25)13-18-10-5-4-6-11-18/h4-12,17H,13-15H2,1-3H3,(H,21,23)/t17-/m1/s1. The van der Waals surface area contributed by atoms with Crippen molar-refractivity contribution in [3.8, 4) is 5.75 Å². The molecular formula is C20H26N2O4S. The first kappa shape index (κ1) is 20.9. The number of para-hydroxylation sites is 1. The summed E-state index contributed by atoms with van der Waals surface area (Å²) < 4.78 is 30.9. The first-order valence-corrected chi connectivity index (χ1v) is 10.6. The summed E-state index contributed by atoms with van der Waals surface area (Å²) in [6.45, 7) is 3.99. The SMILES string of the molecule is Cc1ccccc1OC[C@@H](C)NC(=O)CN(Cc1ccccc1)S(C)(=O)=O. The number of benzene rings is 2. The smallest absolute Gasteiger partial charge is 0.235 e. The van der Waals surface area contributed by atoms with E-state index in [1.807, 2.05) is 68.4 Å². The van der Waals surface area contributed by atoms with Crippen LogP contribution >= 0.6 is 0 Å². The number of hydrogen-bond acceptors (Lipinski definition) is 4. The molecule has 0 saturated heterocycles. The van der Waals surface area contributed by atoms with Crippen molar-refractivity contribution in [2.75, 3.05) is 19.4 Å². The number of ether oxygens (including phenoxy) is 1. The Morgan fingerprint density at radius 3 is 2.37 bits per heavy atom. The molecule has 2 aromatic carbocycles. The largest absolute Gasteiger partial charge is 0.491 e. The van der Waals surface area contributed by atoms with Crippen LogP contribution in [0.2, 0.25) is 0 Å². The van der Waals surface area contributed by atoms with Gasteiger partial charge < -0.3 is 10.1 Å². The Morgan fingerprint density at radius 1 is 1.11 bits per heavy atom. The maximum atomic E-state index is 12.3. The predicted molar refractivity (Wildman–Crippen MR) is 106 cm³/mol. The molecule has 0 radical (unpaired) electrons. The maximum absolute atomic E-state index is 12.3. The number of sulfonamides is 1. The highest BCUT2D eigenvalue weighted by Gasteiger charge is 2.21. The van der Waals surface area contributed by atoms with Gasteiger partial charge >= 0.3 is 0 Å². The van der Waals surface area contributed by atoms with Gasteiger partial charge in [-0.15, -0.1) is 0 Å². The number of aryl methyl sites for hydroxylation is 1. The molecule has 7 heteroatoms. The normalized spacial score (nSPS) is 12.6. The lowest BCUT2D eigenvalue weighted by Gasteiger charge is -2.21. The van der Waals surface area contributed by atoms with Gasteiger partial charge in [0.05, 0.1) is 18.8 Å². The summed E-state index contributed by atoms with van der Waals surface area (Å²) in [6.07, 6.45) is 1.11. The molecule has 1 atom stereocenters. The van der Waals surface area contributed by atoms with E-state index >= 15 is 0 Å². The third-order valence-electron chi connectivity index (χ3n) is 3.98. The molecule has 27 heavy (non-hydrogen) atoms. The van der Waals surface area contributed by atoms with Crippen LogP contribution < -0.4 is 10.1 Å². The summed E-state index contributed by atoms with van der Waals surface area (Å²) in [7, 11) is -3.51. The monoisotopic (exact) mass is 390 g/mol. The Hall–Kier alpha value is -2.38. The molecular weight excluding hydrogens is 364 g/mol. The topological polar surface area (TPSA) is 75.7 Å². The summed E-state index contributed by atoms with van der Waals surface area (Å²) in [6, 6.07) is 16.6. The van der Waals surface area contributed by atoms with Crippen LogP contribution in [0.15, 0.2) is 54.6 Å². The number of nitrogens with one attached hydrogen (secondary N) is 1. The minimum absolute atomic E-state index is 0.154. The molecule has 0 fully saturated rings. The van der Waals surface area contributed by atoms with E-state index in [2.05, 4.69) is 5.32 Å². The van der Waals surface area contributed by atoms with Gasteiger partial charge in [0.1, 0.15) is 12.4 Å². The van der Waals surface area contributed by atoms with Gasteiger partial charge in [-0.25, -0.2) is 8.42 Å². The number of carbonyl (C=O) groups is 1. The number of carbonyl (C=O) groups excluding carboxylic acids is 1.